The molecule has 4 nitrogen and oxygen atoms in total. The van der Waals surface area contributed by atoms with Crippen LogP contribution in [0.4, 0.5) is 0 Å². The van der Waals surface area contributed by atoms with Crippen LogP contribution < -0.4 is 5.32 Å². The monoisotopic (exact) mass is 281 g/mol. The number of carbonyl (C=O) groups excluding carboxylic acids is 2. The van der Waals surface area contributed by atoms with Gasteiger partial charge in [0, 0.05) is 0 Å². The Morgan fingerprint density at radius 3 is 2.42 bits per heavy atom. The molecule has 1 unspecified atom stereocenters. The molecule has 0 aliphatic carbocycles. The van der Waals surface area contributed by atoms with E-state index in [0.29, 0.717) is 11.0 Å². The zero-order valence-electron chi connectivity index (χ0n) is 11.4. The first-order valence-corrected chi connectivity index (χ1v) is 7.13. The van der Waals surface area contributed by atoms with Crippen molar-refractivity contribution in [1.82, 2.24) is 5.32 Å². The summed E-state index contributed by atoms with van der Waals surface area (Å²) >= 11 is 1.53. The minimum absolute atomic E-state index is 0.169. The molecule has 1 aromatic rings. The van der Waals surface area contributed by atoms with Crippen molar-refractivity contribution in [3.63, 3.8) is 0 Å². The first-order valence-electron chi connectivity index (χ1n) is 6.08. The van der Waals surface area contributed by atoms with Gasteiger partial charge < -0.3 is 10.1 Å². The van der Waals surface area contributed by atoms with Crippen LogP contribution in [-0.2, 0) is 14.3 Å². The second-order valence-corrected chi connectivity index (χ2v) is 5.86. The molecule has 19 heavy (non-hydrogen) atoms. The van der Waals surface area contributed by atoms with E-state index in [4.69, 9.17) is 4.74 Å². The predicted octanol–water partition coefficient (Wildman–Crippen LogP) is 2.16. The molecule has 0 heterocycles. The van der Waals surface area contributed by atoms with Gasteiger partial charge >= 0.3 is 5.97 Å². The van der Waals surface area contributed by atoms with E-state index < -0.39 is 12.0 Å². The summed E-state index contributed by atoms with van der Waals surface area (Å²) in [4.78, 5) is 23.6. The minimum Gasteiger partial charge on any atom is -0.467 e. The number of rotatable bonds is 6. The lowest BCUT2D eigenvalue weighted by Crippen LogP contribution is -2.35. The van der Waals surface area contributed by atoms with Crippen LogP contribution in [0.15, 0.2) is 30.3 Å². The van der Waals surface area contributed by atoms with Crippen molar-refractivity contribution < 1.29 is 14.3 Å². The number of hydrogen-bond acceptors (Lipinski definition) is 4. The van der Waals surface area contributed by atoms with Crippen LogP contribution in [0.2, 0.25) is 0 Å². The maximum Gasteiger partial charge on any atom is 0.333 e. The number of hydrogen-bond donors (Lipinski definition) is 1. The van der Waals surface area contributed by atoms with Gasteiger partial charge in [-0.25, -0.2) is 4.79 Å². The van der Waals surface area contributed by atoms with Crippen LogP contribution in [-0.4, -0.2) is 30.0 Å². The van der Waals surface area contributed by atoms with E-state index in [1.165, 1.54) is 18.9 Å². The van der Waals surface area contributed by atoms with Crippen LogP contribution in [0.5, 0.6) is 0 Å². The summed E-state index contributed by atoms with van der Waals surface area (Å²) in [6, 6.07) is 8.33. The Bertz CT molecular complexity index is 420. The largest absolute Gasteiger partial charge is 0.467 e. The van der Waals surface area contributed by atoms with Crippen LogP contribution in [0, 0.1) is 0 Å². The second-order valence-electron chi connectivity index (χ2n) is 4.29. The van der Waals surface area contributed by atoms with E-state index in [1.807, 2.05) is 32.0 Å². The molecule has 0 spiro atoms. The van der Waals surface area contributed by atoms with Crippen LogP contribution in [0.3, 0.4) is 0 Å². The lowest BCUT2D eigenvalue weighted by atomic mass is 10.1. The Kier molecular flexibility index (Phi) is 6.42. The summed E-state index contributed by atoms with van der Waals surface area (Å²) in [5.41, 5.74) is 0.720. The zero-order chi connectivity index (χ0) is 14.3. The molecular weight excluding hydrogens is 262 g/mol. The van der Waals surface area contributed by atoms with Crippen LogP contribution >= 0.6 is 11.8 Å². The highest BCUT2D eigenvalue weighted by atomic mass is 32.2. The summed E-state index contributed by atoms with van der Waals surface area (Å²) in [7, 11) is 1.31. The Morgan fingerprint density at radius 1 is 1.26 bits per heavy atom. The van der Waals surface area contributed by atoms with Gasteiger partial charge in [0.25, 0.3) is 0 Å². The number of esters is 1. The molecule has 0 aliphatic heterocycles. The Hall–Kier alpha value is -1.49. The highest BCUT2D eigenvalue weighted by Gasteiger charge is 2.23. The lowest BCUT2D eigenvalue weighted by Gasteiger charge is -2.17. The third kappa shape index (κ3) is 5.34. The molecule has 0 aliphatic rings. The fraction of sp³-hybridized carbons (Fsp3) is 0.429. The average Bonchev–Trinajstić information content (AvgIpc) is 2.42. The van der Waals surface area contributed by atoms with Crippen molar-refractivity contribution in [1.29, 1.82) is 0 Å². The second kappa shape index (κ2) is 7.84. The van der Waals surface area contributed by atoms with E-state index in [9.17, 15) is 9.59 Å². The predicted molar refractivity (Wildman–Crippen MR) is 76.9 cm³/mol. The minimum atomic E-state index is -0.744. The van der Waals surface area contributed by atoms with Crippen molar-refractivity contribution in [2.24, 2.45) is 0 Å². The van der Waals surface area contributed by atoms with E-state index in [-0.39, 0.29) is 5.91 Å². The van der Waals surface area contributed by atoms with Crippen molar-refractivity contribution in [2.45, 2.75) is 25.1 Å². The normalized spacial score (nSPS) is 12.0. The van der Waals surface area contributed by atoms with Gasteiger partial charge in [0.05, 0.1) is 12.9 Å². The number of thioether (sulfide) groups is 1. The third-order valence-corrected chi connectivity index (χ3v) is 3.52. The number of methoxy groups -OCH3 is 1. The van der Waals surface area contributed by atoms with E-state index in [2.05, 4.69) is 5.32 Å². The van der Waals surface area contributed by atoms with Gasteiger partial charge in [0.2, 0.25) is 5.91 Å². The highest BCUT2D eigenvalue weighted by molar-refractivity contribution is 8.00. The first kappa shape index (κ1) is 15.6. The van der Waals surface area contributed by atoms with Crippen molar-refractivity contribution >= 4 is 23.6 Å². The molecular formula is C14H19NO3S. The molecule has 0 bridgehead atoms. The Morgan fingerprint density at radius 2 is 1.89 bits per heavy atom. The zero-order valence-corrected chi connectivity index (χ0v) is 12.2. The van der Waals surface area contributed by atoms with E-state index in [1.54, 1.807) is 12.1 Å². The Labute approximate surface area is 117 Å². The molecule has 0 aromatic heterocycles. The molecule has 0 radical (unpaired) electrons. The lowest BCUT2D eigenvalue weighted by molar-refractivity contribution is -0.145. The van der Waals surface area contributed by atoms with Crippen LogP contribution in [0.25, 0.3) is 0 Å². The number of benzene rings is 1. The molecule has 0 saturated heterocycles. The van der Waals surface area contributed by atoms with Gasteiger partial charge in [0.1, 0.15) is 0 Å². The summed E-state index contributed by atoms with van der Waals surface area (Å²) in [6.07, 6.45) is 0. The molecule has 5 heteroatoms. The molecule has 1 rings (SSSR count). The molecule has 1 aromatic carbocycles. The van der Waals surface area contributed by atoms with Gasteiger partial charge in [-0.15, -0.1) is 11.8 Å². The summed E-state index contributed by atoms with van der Waals surface area (Å²) in [5, 5.41) is 3.08. The number of carbonyl (C=O) groups is 2. The molecule has 1 amide bonds. The number of ether oxygens (including phenoxy) is 1. The van der Waals surface area contributed by atoms with Gasteiger partial charge in [-0.2, -0.15) is 0 Å². The molecule has 1 atom stereocenters. The SMILES string of the molecule is COC(=O)C(NC(=O)CSC(C)C)c1ccccc1. The average molecular weight is 281 g/mol. The number of nitrogens with one attached hydrogen (secondary N) is 1. The van der Waals surface area contributed by atoms with Gasteiger partial charge in [-0.05, 0) is 10.8 Å². The molecule has 0 fully saturated rings. The highest BCUT2D eigenvalue weighted by Crippen LogP contribution is 2.15. The van der Waals surface area contributed by atoms with Gasteiger partial charge in [-0.1, -0.05) is 44.2 Å². The fourth-order valence-corrected chi connectivity index (χ4v) is 2.05. The fourth-order valence-electron chi connectivity index (χ4n) is 1.49. The molecule has 104 valence electrons. The quantitative estimate of drug-likeness (QED) is 0.812. The standard InChI is InChI=1S/C14H19NO3S/c1-10(2)19-9-12(16)15-13(14(17)18-3)11-7-5-4-6-8-11/h4-8,10,13H,9H2,1-3H3,(H,15,16). The van der Waals surface area contributed by atoms with Crippen molar-refractivity contribution in [3.8, 4) is 0 Å². The Balaban J connectivity index is 2.71. The van der Waals surface area contributed by atoms with Gasteiger partial charge in [-0.3, -0.25) is 4.79 Å². The van der Waals surface area contributed by atoms with Gasteiger partial charge in [0.15, 0.2) is 6.04 Å². The maximum absolute atomic E-state index is 11.8. The third-order valence-electron chi connectivity index (χ3n) is 2.42. The smallest absolute Gasteiger partial charge is 0.333 e. The first-order chi connectivity index (χ1) is 9.04. The van der Waals surface area contributed by atoms with Crippen LogP contribution in [0.1, 0.15) is 25.5 Å². The maximum atomic E-state index is 11.8. The van der Waals surface area contributed by atoms with E-state index in [0.717, 1.165) is 5.56 Å². The summed E-state index contributed by atoms with van der Waals surface area (Å²) < 4.78 is 4.73. The molecule has 1 N–H and O–H groups in total. The molecule has 0 saturated carbocycles. The summed E-state index contributed by atoms with van der Waals surface area (Å²) in [6.45, 7) is 4.04. The topological polar surface area (TPSA) is 55.4 Å². The van der Waals surface area contributed by atoms with E-state index >= 15 is 0 Å². The van der Waals surface area contributed by atoms with Crippen molar-refractivity contribution in [3.05, 3.63) is 35.9 Å². The summed E-state index contributed by atoms with van der Waals surface area (Å²) in [5.74, 6) is -0.301. The number of amides is 1. The van der Waals surface area contributed by atoms with Crippen molar-refractivity contribution in [2.75, 3.05) is 12.9 Å².